The molecular formula is C28H32N4O6S+2. The molecule has 0 atom stereocenters. The SMILES string of the molecule is C[N+](C)(O)CCNc1cc2sc3ccccc3n(CC[N+](C)(C)O)c2c2c(O)c3c(=O)ccc(=O)c3c(O)c12. The monoisotopic (exact) mass is 552 g/mol. The lowest BCUT2D eigenvalue weighted by atomic mass is 9.97. The number of nitrogens with zero attached hydrogens (tertiary/aromatic N) is 3. The van der Waals surface area contributed by atoms with Crippen LogP contribution in [0.15, 0.2) is 52.1 Å². The van der Waals surface area contributed by atoms with Gasteiger partial charge in [-0.25, -0.2) is 10.4 Å². The predicted octanol–water partition coefficient (Wildman–Crippen LogP) is 3.64. The molecule has 0 amide bonds. The molecule has 1 heterocycles. The third-order valence-electron chi connectivity index (χ3n) is 6.83. The summed E-state index contributed by atoms with van der Waals surface area (Å²) < 4.78 is 3.10. The summed E-state index contributed by atoms with van der Waals surface area (Å²) in [6, 6.07) is 11.8. The largest absolute Gasteiger partial charge is 0.506 e. The van der Waals surface area contributed by atoms with Gasteiger partial charge in [-0.05, 0) is 30.3 Å². The van der Waals surface area contributed by atoms with E-state index in [4.69, 9.17) is 0 Å². The van der Waals surface area contributed by atoms with Crippen LogP contribution in [-0.4, -0.2) is 82.3 Å². The first kappa shape index (κ1) is 26.9. The number of benzene rings is 4. The zero-order valence-corrected chi connectivity index (χ0v) is 23.0. The van der Waals surface area contributed by atoms with E-state index >= 15 is 0 Å². The van der Waals surface area contributed by atoms with Crippen LogP contribution in [0.5, 0.6) is 11.5 Å². The number of anilines is 1. The number of aromatic nitrogens is 1. The molecule has 39 heavy (non-hydrogen) atoms. The fourth-order valence-electron chi connectivity index (χ4n) is 4.94. The Kier molecular flexibility index (Phi) is 6.52. The number of fused-ring (bicyclic) bond motifs is 5. The average molecular weight is 553 g/mol. The second-order valence-corrected chi connectivity index (χ2v) is 12.0. The number of hydrogen-bond donors (Lipinski definition) is 5. The molecule has 4 aromatic carbocycles. The first-order valence-corrected chi connectivity index (χ1v) is 13.3. The number of para-hydroxylation sites is 1. The maximum atomic E-state index is 12.9. The molecule has 0 saturated heterocycles. The van der Waals surface area contributed by atoms with E-state index in [-0.39, 0.29) is 36.6 Å². The molecule has 0 radical (unpaired) electrons. The molecule has 0 aliphatic rings. The van der Waals surface area contributed by atoms with E-state index in [0.29, 0.717) is 37.4 Å². The van der Waals surface area contributed by atoms with Crippen LogP contribution in [0, 0.1) is 0 Å². The topological polar surface area (TPSA) is 132 Å². The van der Waals surface area contributed by atoms with E-state index < -0.39 is 16.6 Å². The second-order valence-electron chi connectivity index (χ2n) is 10.9. The van der Waals surface area contributed by atoms with Crippen LogP contribution in [0.25, 0.3) is 42.0 Å². The van der Waals surface area contributed by atoms with Crippen LogP contribution < -0.4 is 16.2 Å². The molecule has 0 bridgehead atoms. The molecule has 0 aliphatic carbocycles. The van der Waals surface area contributed by atoms with E-state index in [9.17, 15) is 30.2 Å². The van der Waals surface area contributed by atoms with Gasteiger partial charge in [-0.2, -0.15) is 9.29 Å². The number of quaternary nitrogens is 2. The van der Waals surface area contributed by atoms with Gasteiger partial charge in [0.2, 0.25) is 0 Å². The fourth-order valence-corrected chi connectivity index (χ4v) is 6.09. The van der Waals surface area contributed by atoms with Crippen LogP contribution in [-0.2, 0) is 6.54 Å². The minimum atomic E-state index is -0.577. The highest BCUT2D eigenvalue weighted by atomic mass is 32.1. The van der Waals surface area contributed by atoms with Crippen LogP contribution in [0.3, 0.4) is 0 Å². The van der Waals surface area contributed by atoms with Crippen molar-refractivity contribution in [2.24, 2.45) is 0 Å². The van der Waals surface area contributed by atoms with Crippen molar-refractivity contribution in [3.63, 3.8) is 0 Å². The Labute approximate surface area is 227 Å². The molecular weight excluding hydrogens is 520 g/mol. The van der Waals surface area contributed by atoms with Crippen molar-refractivity contribution < 1.29 is 29.9 Å². The van der Waals surface area contributed by atoms with Crippen molar-refractivity contribution in [1.29, 1.82) is 0 Å². The highest BCUT2D eigenvalue weighted by Gasteiger charge is 2.25. The highest BCUT2D eigenvalue weighted by Crippen LogP contribution is 2.47. The van der Waals surface area contributed by atoms with Crippen molar-refractivity contribution in [1.82, 2.24) is 4.57 Å². The molecule has 0 saturated carbocycles. The van der Waals surface area contributed by atoms with E-state index in [0.717, 1.165) is 27.0 Å². The van der Waals surface area contributed by atoms with Gasteiger partial charge in [0.1, 0.15) is 24.6 Å². The van der Waals surface area contributed by atoms with Crippen LogP contribution in [0.4, 0.5) is 5.69 Å². The molecule has 0 spiro atoms. The van der Waals surface area contributed by atoms with Gasteiger partial charge in [0.05, 0.1) is 83.3 Å². The normalized spacial score (nSPS) is 12.7. The quantitative estimate of drug-likeness (QED) is 0.0685. The summed E-state index contributed by atoms with van der Waals surface area (Å²) in [5.41, 5.74) is 0.717. The van der Waals surface area contributed by atoms with Gasteiger partial charge in [0.15, 0.2) is 10.9 Å². The third-order valence-corrected chi connectivity index (χ3v) is 7.93. The lowest BCUT2D eigenvalue weighted by Crippen LogP contribution is -2.39. The number of aromatic hydroxyl groups is 2. The Balaban J connectivity index is 1.98. The summed E-state index contributed by atoms with van der Waals surface area (Å²) in [5, 5.41) is 47.0. The predicted molar refractivity (Wildman–Crippen MR) is 154 cm³/mol. The minimum absolute atomic E-state index is 0.201. The number of hydroxylamine groups is 6. The van der Waals surface area contributed by atoms with Crippen molar-refractivity contribution in [3.05, 3.63) is 62.9 Å². The smallest absolute Gasteiger partial charge is 0.190 e. The lowest BCUT2D eigenvalue weighted by molar-refractivity contribution is -1.07. The molecule has 0 aliphatic heterocycles. The van der Waals surface area contributed by atoms with Crippen molar-refractivity contribution in [3.8, 4) is 11.5 Å². The van der Waals surface area contributed by atoms with Gasteiger partial charge in [-0.15, -0.1) is 11.3 Å². The van der Waals surface area contributed by atoms with Gasteiger partial charge in [0.25, 0.3) is 0 Å². The summed E-state index contributed by atoms with van der Waals surface area (Å²) in [6.45, 7) is 1.35. The van der Waals surface area contributed by atoms with Crippen molar-refractivity contribution in [2.75, 3.05) is 53.1 Å². The third kappa shape index (κ3) is 4.90. The molecule has 5 rings (SSSR count). The standard InChI is InChI=1S/C28H30N4O6S/c1-31(2,37)13-11-29-16-15-21-26(30(12-14-32(3,4)38)17-7-5-6-8-20(17)39-21)25-22(16)27(35)23-18(33)9-10-19(34)24(23)28(25)36/h5-10,15,37-38H,11-14H2,1-4H3,(H-2,29,33,34,35,36)/p+2. The highest BCUT2D eigenvalue weighted by molar-refractivity contribution is 7.24. The maximum Gasteiger partial charge on any atom is 0.190 e. The Hall–Kier alpha value is -3.74. The molecule has 1 aromatic heterocycles. The van der Waals surface area contributed by atoms with E-state index in [1.165, 1.54) is 11.3 Å². The molecule has 204 valence electrons. The molecule has 5 aromatic rings. The van der Waals surface area contributed by atoms with Crippen LogP contribution in [0.1, 0.15) is 0 Å². The zero-order chi connectivity index (χ0) is 28.3. The number of nitrogens with one attached hydrogen (secondary N) is 1. The Bertz CT molecular complexity index is 1880. The first-order chi connectivity index (χ1) is 18.3. The van der Waals surface area contributed by atoms with Gasteiger partial charge in [-0.1, -0.05) is 12.1 Å². The number of rotatable bonds is 7. The number of hydrogen-bond acceptors (Lipinski definition) is 8. The van der Waals surface area contributed by atoms with E-state index in [1.807, 2.05) is 34.9 Å². The van der Waals surface area contributed by atoms with Crippen molar-refractivity contribution >= 4 is 59.0 Å². The number of likely N-dealkylation sites (N-methyl/N-ethyl adjacent to an activating group) is 2. The van der Waals surface area contributed by atoms with Gasteiger partial charge in [0, 0.05) is 5.69 Å². The molecule has 10 nitrogen and oxygen atoms in total. The molecule has 11 heteroatoms. The van der Waals surface area contributed by atoms with Crippen molar-refractivity contribution in [2.45, 2.75) is 6.54 Å². The summed E-state index contributed by atoms with van der Waals surface area (Å²) in [5.74, 6) is -0.785. The zero-order valence-electron chi connectivity index (χ0n) is 22.2. The average Bonchev–Trinajstić information content (AvgIpc) is 2.84. The minimum Gasteiger partial charge on any atom is -0.506 e. The van der Waals surface area contributed by atoms with E-state index in [1.54, 1.807) is 28.2 Å². The molecule has 5 N–H and O–H groups in total. The summed E-state index contributed by atoms with van der Waals surface area (Å²) in [6.07, 6.45) is 0. The number of phenolic OH excluding ortho intramolecular Hbond substituents is 2. The Morgan fingerprint density at radius 2 is 1.38 bits per heavy atom. The molecule has 0 unspecified atom stereocenters. The van der Waals surface area contributed by atoms with E-state index in [2.05, 4.69) is 5.32 Å². The first-order valence-electron chi connectivity index (χ1n) is 12.5. The Morgan fingerprint density at radius 1 is 0.795 bits per heavy atom. The van der Waals surface area contributed by atoms with Crippen LogP contribution >= 0.6 is 11.3 Å². The number of phenols is 2. The van der Waals surface area contributed by atoms with Crippen LogP contribution in [0.2, 0.25) is 0 Å². The second kappa shape index (κ2) is 9.47. The van der Waals surface area contributed by atoms with Gasteiger partial charge in [-0.3, -0.25) is 9.59 Å². The van der Waals surface area contributed by atoms with Gasteiger partial charge >= 0.3 is 0 Å². The maximum absolute atomic E-state index is 12.9. The fraction of sp³-hybridized carbons (Fsp3) is 0.286. The Morgan fingerprint density at radius 3 is 2.00 bits per heavy atom. The summed E-state index contributed by atoms with van der Waals surface area (Å²) >= 11 is 1.48. The van der Waals surface area contributed by atoms with Gasteiger partial charge < -0.3 is 20.1 Å². The molecule has 0 fully saturated rings. The lowest BCUT2D eigenvalue weighted by Gasteiger charge is -2.24. The summed E-state index contributed by atoms with van der Waals surface area (Å²) in [4.78, 5) is 25.7. The summed E-state index contributed by atoms with van der Waals surface area (Å²) in [7, 11) is 6.59.